The Morgan fingerprint density at radius 2 is 1.88 bits per heavy atom. The first-order valence-corrected chi connectivity index (χ1v) is 6.43. The monoisotopic (exact) mass is 239 g/mol. The summed E-state index contributed by atoms with van der Waals surface area (Å²) in [6.45, 7) is 0. The van der Waals surface area contributed by atoms with E-state index in [-0.39, 0.29) is 11.3 Å². The predicted molar refractivity (Wildman–Crippen MR) is 56.8 cm³/mol. The van der Waals surface area contributed by atoms with Gasteiger partial charge in [-0.1, -0.05) is 17.3 Å². The Bertz CT molecular complexity index is 557. The molecule has 0 aliphatic carbocycles. The molecule has 0 atom stereocenters. The molecule has 0 amide bonds. The minimum Gasteiger partial charge on any atom is -0.318 e. The summed E-state index contributed by atoms with van der Waals surface area (Å²) < 4.78 is 22.4. The zero-order chi connectivity index (χ0) is 11.8. The molecule has 84 valence electrons. The van der Waals surface area contributed by atoms with Gasteiger partial charge in [-0.3, -0.25) is 0 Å². The van der Waals surface area contributed by atoms with Gasteiger partial charge in [0.15, 0.2) is 9.84 Å². The molecule has 0 bridgehead atoms. The highest BCUT2D eigenvalue weighted by Gasteiger charge is 2.19. The van der Waals surface area contributed by atoms with Crippen LogP contribution in [0.1, 0.15) is 12.0 Å². The molecule has 1 heterocycles. The van der Waals surface area contributed by atoms with E-state index >= 15 is 0 Å². The van der Waals surface area contributed by atoms with Crippen molar-refractivity contribution in [2.24, 2.45) is 5.16 Å². The van der Waals surface area contributed by atoms with Crippen molar-refractivity contribution < 1.29 is 18.0 Å². The summed E-state index contributed by atoms with van der Waals surface area (Å²) in [5.41, 5.74) is 1.21. The first-order valence-electron chi connectivity index (χ1n) is 4.54. The number of carbonyl (C=O) groups excluding carboxylic acids is 1. The lowest BCUT2D eigenvalue weighted by molar-refractivity contribution is -0.140. The van der Waals surface area contributed by atoms with Crippen LogP contribution in [-0.4, -0.2) is 26.4 Å². The summed E-state index contributed by atoms with van der Waals surface area (Å²) in [4.78, 5) is 15.5. The highest BCUT2D eigenvalue weighted by Crippen LogP contribution is 2.15. The molecule has 0 fully saturated rings. The number of hydrogen-bond donors (Lipinski definition) is 0. The molecule has 0 unspecified atom stereocenters. The average Bonchev–Trinajstić information content (AvgIpc) is 2.64. The molecule has 6 heteroatoms. The van der Waals surface area contributed by atoms with Gasteiger partial charge in [0, 0.05) is 11.8 Å². The molecule has 1 aromatic rings. The Morgan fingerprint density at radius 1 is 1.25 bits per heavy atom. The first-order chi connectivity index (χ1) is 7.47. The van der Waals surface area contributed by atoms with Crippen LogP contribution in [0, 0.1) is 0 Å². The summed E-state index contributed by atoms with van der Waals surface area (Å²) in [5.74, 6) is -0.401. The lowest BCUT2D eigenvalue weighted by Gasteiger charge is -2.00. The smallest absolute Gasteiger partial charge is 0.318 e. The number of rotatable bonds is 2. The number of carbonyl (C=O) groups is 1. The summed E-state index contributed by atoms with van der Waals surface area (Å²) in [7, 11) is -3.19. The molecule has 1 aromatic carbocycles. The number of oxime groups is 1. The molecule has 5 nitrogen and oxygen atoms in total. The summed E-state index contributed by atoms with van der Waals surface area (Å²) in [6, 6.07) is 6.18. The van der Waals surface area contributed by atoms with E-state index in [2.05, 4.69) is 9.99 Å². The molecule has 2 rings (SSSR count). The van der Waals surface area contributed by atoms with Crippen LogP contribution in [0.3, 0.4) is 0 Å². The van der Waals surface area contributed by atoms with Gasteiger partial charge in [-0.25, -0.2) is 13.2 Å². The average molecular weight is 239 g/mol. The molecular weight excluding hydrogens is 230 g/mol. The topological polar surface area (TPSA) is 72.8 Å². The van der Waals surface area contributed by atoms with Gasteiger partial charge in [0.05, 0.1) is 17.0 Å². The van der Waals surface area contributed by atoms with Gasteiger partial charge in [-0.2, -0.15) is 0 Å². The molecule has 0 N–H and O–H groups in total. The molecule has 0 saturated carbocycles. The largest absolute Gasteiger partial charge is 0.341 e. The van der Waals surface area contributed by atoms with Crippen LogP contribution in [0.15, 0.2) is 34.3 Å². The Hall–Kier alpha value is -1.69. The Labute approximate surface area is 92.6 Å². The van der Waals surface area contributed by atoms with Crippen LogP contribution < -0.4 is 0 Å². The van der Waals surface area contributed by atoms with E-state index in [1.165, 1.54) is 12.1 Å². The molecule has 0 radical (unpaired) electrons. The number of hydrogen-bond acceptors (Lipinski definition) is 5. The fourth-order valence-electron chi connectivity index (χ4n) is 1.36. The second-order valence-electron chi connectivity index (χ2n) is 3.47. The van der Waals surface area contributed by atoms with Crippen LogP contribution >= 0.6 is 0 Å². The molecule has 1 aliphatic heterocycles. The van der Waals surface area contributed by atoms with Crippen LogP contribution in [-0.2, 0) is 19.5 Å². The number of benzene rings is 1. The molecule has 1 aliphatic rings. The number of sulfone groups is 1. The predicted octanol–water partition coefficient (Wildman–Crippen LogP) is 0.741. The molecule has 0 spiro atoms. The molecule has 16 heavy (non-hydrogen) atoms. The highest BCUT2D eigenvalue weighted by molar-refractivity contribution is 7.90. The van der Waals surface area contributed by atoms with Crippen molar-refractivity contribution in [2.75, 3.05) is 6.26 Å². The molecule has 0 aromatic heterocycles. The highest BCUT2D eigenvalue weighted by atomic mass is 32.2. The van der Waals surface area contributed by atoms with E-state index in [1.807, 2.05) is 0 Å². The van der Waals surface area contributed by atoms with Gasteiger partial charge in [-0.05, 0) is 12.1 Å². The lowest BCUT2D eigenvalue weighted by Crippen LogP contribution is -2.02. The van der Waals surface area contributed by atoms with Gasteiger partial charge in [0.1, 0.15) is 0 Å². The fraction of sp³-hybridized carbons (Fsp3) is 0.200. The second kappa shape index (κ2) is 3.71. The number of nitrogens with zero attached hydrogens (tertiary/aromatic N) is 1. The van der Waals surface area contributed by atoms with Gasteiger partial charge < -0.3 is 4.84 Å². The second-order valence-corrected chi connectivity index (χ2v) is 5.49. The van der Waals surface area contributed by atoms with E-state index in [4.69, 9.17) is 0 Å². The summed E-state index contributed by atoms with van der Waals surface area (Å²) in [6.07, 6.45) is 1.26. The van der Waals surface area contributed by atoms with Crippen molar-refractivity contribution in [2.45, 2.75) is 11.3 Å². The fourth-order valence-corrected chi connectivity index (χ4v) is 1.99. The van der Waals surface area contributed by atoms with Gasteiger partial charge >= 0.3 is 5.97 Å². The maximum absolute atomic E-state index is 11.2. The van der Waals surface area contributed by atoms with E-state index in [0.29, 0.717) is 11.3 Å². The van der Waals surface area contributed by atoms with Crippen molar-refractivity contribution in [3.05, 3.63) is 29.8 Å². The Kier molecular flexibility index (Phi) is 2.51. The summed E-state index contributed by atoms with van der Waals surface area (Å²) >= 11 is 0. The minimum atomic E-state index is -3.19. The third-order valence-corrected chi connectivity index (χ3v) is 3.31. The van der Waals surface area contributed by atoms with Gasteiger partial charge in [-0.15, -0.1) is 0 Å². The molecule has 0 saturated heterocycles. The lowest BCUT2D eigenvalue weighted by atomic mass is 10.1. The normalized spacial score (nSPS) is 15.8. The zero-order valence-corrected chi connectivity index (χ0v) is 9.32. The summed E-state index contributed by atoms with van der Waals surface area (Å²) in [5, 5.41) is 3.60. The molecular formula is C10H9NO4S. The van der Waals surface area contributed by atoms with E-state index in [9.17, 15) is 13.2 Å². The standard InChI is InChI=1S/C10H9NO4S/c1-16(13,14)8-4-2-7(3-5-8)9-6-10(12)15-11-9/h2-5H,6H2,1H3. The van der Waals surface area contributed by atoms with Gasteiger partial charge in [0.25, 0.3) is 0 Å². The van der Waals surface area contributed by atoms with Crippen LogP contribution in [0.5, 0.6) is 0 Å². The van der Waals surface area contributed by atoms with Crippen molar-refractivity contribution in [1.29, 1.82) is 0 Å². The Morgan fingerprint density at radius 3 is 2.31 bits per heavy atom. The van der Waals surface area contributed by atoms with Crippen molar-refractivity contribution >= 4 is 21.5 Å². The van der Waals surface area contributed by atoms with Crippen LogP contribution in [0.25, 0.3) is 0 Å². The van der Waals surface area contributed by atoms with Crippen LogP contribution in [0.2, 0.25) is 0 Å². The Balaban J connectivity index is 2.30. The third kappa shape index (κ3) is 2.11. The quantitative estimate of drug-likeness (QED) is 0.713. The zero-order valence-electron chi connectivity index (χ0n) is 8.50. The maximum atomic E-state index is 11.2. The third-order valence-electron chi connectivity index (χ3n) is 2.19. The van der Waals surface area contributed by atoms with Crippen LogP contribution in [0.4, 0.5) is 0 Å². The van der Waals surface area contributed by atoms with Gasteiger partial charge in [0.2, 0.25) is 0 Å². The van der Waals surface area contributed by atoms with Crippen molar-refractivity contribution in [1.82, 2.24) is 0 Å². The van der Waals surface area contributed by atoms with Crippen molar-refractivity contribution in [3.8, 4) is 0 Å². The maximum Gasteiger partial charge on any atom is 0.341 e. The first kappa shape index (κ1) is 10.8. The SMILES string of the molecule is CS(=O)(=O)c1ccc(C2=NOC(=O)C2)cc1. The van der Waals surface area contributed by atoms with Crippen molar-refractivity contribution in [3.63, 3.8) is 0 Å². The van der Waals surface area contributed by atoms with E-state index < -0.39 is 15.8 Å². The minimum absolute atomic E-state index is 0.123. The van der Waals surface area contributed by atoms with E-state index in [0.717, 1.165) is 6.26 Å². The van der Waals surface area contributed by atoms with E-state index in [1.54, 1.807) is 12.1 Å².